The first-order chi connectivity index (χ1) is 17.7. The number of amides is 1. The lowest BCUT2D eigenvalue weighted by Gasteiger charge is -2.10. The third-order valence-corrected chi connectivity index (χ3v) is 5.14. The largest absolute Gasteiger partial charge is 0.490 e. The standard InChI is InChI=1S/C23H22N6O2.C2HF3O2/c1-6-15-10-18-19(25-13-26-29(18)12-15)16-7-8-17(14(2)9-16)11-24-21(30)20-27-22(31-28-20)23(3,4)5;3-2(4,5)1(6)7/h1,7-10,12-13H,11H2,2-5H3,(H,24,30);(H,6,7). The first-order valence-corrected chi connectivity index (χ1v) is 11.0. The van der Waals surface area contributed by atoms with Crippen molar-refractivity contribution in [2.75, 3.05) is 0 Å². The van der Waals surface area contributed by atoms with E-state index in [1.165, 1.54) is 6.33 Å². The second kappa shape index (κ2) is 10.7. The quantitative estimate of drug-likeness (QED) is 0.381. The lowest BCUT2D eigenvalue weighted by molar-refractivity contribution is -0.192. The summed E-state index contributed by atoms with van der Waals surface area (Å²) in [6.45, 7) is 8.16. The Labute approximate surface area is 214 Å². The van der Waals surface area contributed by atoms with Crippen molar-refractivity contribution in [3.05, 3.63) is 65.2 Å². The summed E-state index contributed by atoms with van der Waals surface area (Å²) in [6.07, 6.45) is 3.72. The van der Waals surface area contributed by atoms with Crippen molar-refractivity contribution < 1.29 is 32.4 Å². The number of fused-ring (bicyclic) bond motifs is 1. The summed E-state index contributed by atoms with van der Waals surface area (Å²) in [7, 11) is 0. The fourth-order valence-electron chi connectivity index (χ4n) is 3.15. The minimum Gasteiger partial charge on any atom is -0.475 e. The number of alkyl halides is 3. The van der Waals surface area contributed by atoms with Gasteiger partial charge >= 0.3 is 12.1 Å². The maximum atomic E-state index is 12.4. The molecule has 0 unspecified atom stereocenters. The van der Waals surface area contributed by atoms with Gasteiger partial charge in [-0.25, -0.2) is 14.3 Å². The molecule has 4 aromatic rings. The van der Waals surface area contributed by atoms with Crippen LogP contribution in [0.1, 0.15) is 54.0 Å². The number of terminal acetylenes is 1. The zero-order valence-corrected chi connectivity index (χ0v) is 20.8. The number of aliphatic carboxylic acids is 1. The van der Waals surface area contributed by atoms with Crippen LogP contribution < -0.4 is 5.32 Å². The number of carbonyl (C=O) groups excluding carboxylic acids is 1. The Kier molecular flexibility index (Phi) is 7.85. The minimum atomic E-state index is -5.08. The second-order valence-electron chi connectivity index (χ2n) is 9.11. The van der Waals surface area contributed by atoms with Crippen molar-refractivity contribution in [2.24, 2.45) is 0 Å². The molecule has 38 heavy (non-hydrogen) atoms. The van der Waals surface area contributed by atoms with E-state index < -0.39 is 12.1 Å². The number of aryl methyl sites for hydroxylation is 1. The molecule has 0 spiro atoms. The van der Waals surface area contributed by atoms with Crippen molar-refractivity contribution in [1.29, 1.82) is 0 Å². The van der Waals surface area contributed by atoms with E-state index in [0.717, 1.165) is 33.5 Å². The maximum absolute atomic E-state index is 12.4. The summed E-state index contributed by atoms with van der Waals surface area (Å²) in [5.74, 6) is -0.0644. The number of benzene rings is 1. The van der Waals surface area contributed by atoms with Crippen LogP contribution in [0.25, 0.3) is 16.8 Å². The zero-order valence-electron chi connectivity index (χ0n) is 20.8. The van der Waals surface area contributed by atoms with Gasteiger partial charge in [-0.1, -0.05) is 44.0 Å². The Morgan fingerprint density at radius 2 is 1.89 bits per heavy atom. The molecule has 13 heteroatoms. The van der Waals surface area contributed by atoms with Crippen molar-refractivity contribution in [3.63, 3.8) is 0 Å². The van der Waals surface area contributed by atoms with Crippen molar-refractivity contribution in [1.82, 2.24) is 30.1 Å². The third kappa shape index (κ3) is 6.52. The lowest BCUT2D eigenvalue weighted by Crippen LogP contribution is -2.24. The fourth-order valence-corrected chi connectivity index (χ4v) is 3.15. The molecule has 3 heterocycles. The van der Waals surface area contributed by atoms with E-state index in [4.69, 9.17) is 20.8 Å². The first-order valence-electron chi connectivity index (χ1n) is 11.0. The number of hydrogen-bond donors (Lipinski definition) is 2. The molecule has 0 aliphatic heterocycles. The van der Waals surface area contributed by atoms with Crippen molar-refractivity contribution in [3.8, 4) is 23.6 Å². The minimum absolute atomic E-state index is 0.0279. The van der Waals surface area contributed by atoms with E-state index in [2.05, 4.69) is 31.5 Å². The van der Waals surface area contributed by atoms with Gasteiger partial charge < -0.3 is 14.9 Å². The van der Waals surface area contributed by atoms with Crippen LogP contribution in [-0.2, 0) is 16.8 Å². The molecule has 2 N–H and O–H groups in total. The van der Waals surface area contributed by atoms with Gasteiger partial charge in [0, 0.05) is 29.3 Å². The molecule has 0 saturated heterocycles. The Balaban J connectivity index is 0.000000505. The highest BCUT2D eigenvalue weighted by Gasteiger charge is 2.38. The van der Waals surface area contributed by atoms with E-state index in [-0.39, 0.29) is 17.1 Å². The predicted octanol–water partition coefficient (Wildman–Crippen LogP) is 3.93. The van der Waals surface area contributed by atoms with Gasteiger partial charge in [-0.3, -0.25) is 4.79 Å². The highest BCUT2D eigenvalue weighted by Crippen LogP contribution is 2.25. The average Bonchev–Trinajstić information content (AvgIpc) is 3.50. The molecule has 0 aliphatic rings. The lowest BCUT2D eigenvalue weighted by atomic mass is 9.97. The van der Waals surface area contributed by atoms with Gasteiger partial charge in [0.05, 0.1) is 11.2 Å². The van der Waals surface area contributed by atoms with Crippen LogP contribution in [0.5, 0.6) is 0 Å². The average molecular weight is 528 g/mol. The number of nitrogens with zero attached hydrogens (tertiary/aromatic N) is 5. The zero-order chi connectivity index (χ0) is 28.3. The molecular formula is C25H23F3N6O4. The van der Waals surface area contributed by atoms with Crippen LogP contribution in [0.2, 0.25) is 0 Å². The number of hydrogen-bond acceptors (Lipinski definition) is 7. The van der Waals surface area contributed by atoms with Crippen molar-refractivity contribution in [2.45, 2.75) is 45.8 Å². The van der Waals surface area contributed by atoms with Gasteiger partial charge in [0.2, 0.25) is 5.89 Å². The van der Waals surface area contributed by atoms with Gasteiger partial charge in [-0.15, -0.1) is 6.42 Å². The number of rotatable bonds is 4. The smallest absolute Gasteiger partial charge is 0.475 e. The molecule has 0 atom stereocenters. The molecule has 10 nitrogen and oxygen atoms in total. The molecule has 1 aromatic carbocycles. The summed E-state index contributed by atoms with van der Waals surface area (Å²) in [5, 5.41) is 18.0. The summed E-state index contributed by atoms with van der Waals surface area (Å²) >= 11 is 0. The molecule has 0 saturated carbocycles. The Hall–Kier alpha value is -4.73. The van der Waals surface area contributed by atoms with Gasteiger partial charge in [-0.2, -0.15) is 23.3 Å². The van der Waals surface area contributed by atoms with Crippen LogP contribution >= 0.6 is 0 Å². The molecular weight excluding hydrogens is 505 g/mol. The van der Waals surface area contributed by atoms with E-state index in [1.54, 1.807) is 10.7 Å². The van der Waals surface area contributed by atoms with Gasteiger partial charge in [0.1, 0.15) is 6.33 Å². The van der Waals surface area contributed by atoms with E-state index in [1.807, 2.05) is 52.0 Å². The molecule has 3 aromatic heterocycles. The topological polar surface area (TPSA) is 136 Å². The molecule has 4 rings (SSSR count). The molecule has 0 bridgehead atoms. The van der Waals surface area contributed by atoms with E-state index >= 15 is 0 Å². The van der Waals surface area contributed by atoms with E-state index in [9.17, 15) is 18.0 Å². The first kappa shape index (κ1) is 27.9. The number of carbonyl (C=O) groups is 2. The number of aromatic nitrogens is 5. The van der Waals surface area contributed by atoms with Crippen LogP contribution in [0.15, 0.2) is 41.3 Å². The second-order valence-corrected chi connectivity index (χ2v) is 9.11. The summed E-state index contributed by atoms with van der Waals surface area (Å²) in [6, 6.07) is 7.84. The van der Waals surface area contributed by atoms with Crippen LogP contribution in [-0.4, -0.2) is 47.9 Å². The van der Waals surface area contributed by atoms with Crippen molar-refractivity contribution >= 4 is 17.4 Å². The monoisotopic (exact) mass is 528 g/mol. The van der Waals surface area contributed by atoms with Gasteiger partial charge in [0.15, 0.2) is 0 Å². The number of carboxylic acid groups (broad SMARTS) is 1. The van der Waals surface area contributed by atoms with Crippen LogP contribution in [0.4, 0.5) is 13.2 Å². The maximum Gasteiger partial charge on any atom is 0.490 e. The highest BCUT2D eigenvalue weighted by molar-refractivity contribution is 5.90. The normalized spacial score (nSPS) is 11.4. The van der Waals surface area contributed by atoms with E-state index in [0.29, 0.717) is 12.4 Å². The van der Waals surface area contributed by atoms with Gasteiger partial charge in [-0.05, 0) is 30.2 Å². The fraction of sp³-hybridized carbons (Fsp3) is 0.280. The molecule has 0 fully saturated rings. The van der Waals surface area contributed by atoms with Crippen LogP contribution in [0, 0.1) is 19.3 Å². The molecule has 0 aliphatic carbocycles. The number of nitrogens with one attached hydrogen (secondary N) is 1. The van der Waals surface area contributed by atoms with Gasteiger partial charge in [0.25, 0.3) is 11.7 Å². The SMILES string of the molecule is C#Cc1cc2c(-c3ccc(CNC(=O)c4noc(C(C)(C)C)n4)c(C)c3)ncnn2c1.O=C(O)C(F)(F)F. The molecule has 0 radical (unpaired) electrons. The predicted molar refractivity (Wildman–Crippen MR) is 129 cm³/mol. The Morgan fingerprint density at radius 3 is 2.45 bits per heavy atom. The summed E-state index contributed by atoms with van der Waals surface area (Å²) in [4.78, 5) is 29.9. The highest BCUT2D eigenvalue weighted by atomic mass is 19.4. The molecule has 198 valence electrons. The molecule has 1 amide bonds. The Morgan fingerprint density at radius 1 is 1.21 bits per heavy atom. The summed E-state index contributed by atoms with van der Waals surface area (Å²) in [5.41, 5.74) is 4.98. The Bertz CT molecular complexity index is 1530. The van der Waals surface area contributed by atoms with Crippen LogP contribution in [0.3, 0.4) is 0 Å². The number of carboxylic acids is 1. The number of halogens is 3. The third-order valence-electron chi connectivity index (χ3n) is 5.14. The summed E-state index contributed by atoms with van der Waals surface area (Å²) < 4.78 is 38.6.